The number of nitrogens with one attached hydrogen (secondary N) is 1. The minimum Gasteiger partial charge on any atom is -0.469 e. The van der Waals surface area contributed by atoms with Crippen LogP contribution in [0.2, 0.25) is 5.15 Å². The van der Waals surface area contributed by atoms with Crippen molar-refractivity contribution in [3.8, 4) is 0 Å². The van der Waals surface area contributed by atoms with Gasteiger partial charge in [0.25, 0.3) is 0 Å². The number of carbonyl (C=O) groups is 1. The van der Waals surface area contributed by atoms with E-state index in [0.717, 1.165) is 57.8 Å². The number of nitrogens with two attached hydrogens (primary N) is 4. The molecule has 124 heavy (non-hydrogen) atoms. The molecule has 9 aliphatic rings. The first-order valence-corrected chi connectivity index (χ1v) is 42.5. The summed E-state index contributed by atoms with van der Waals surface area (Å²) in [4.78, 5) is 84.2. The summed E-state index contributed by atoms with van der Waals surface area (Å²) >= 11 is 8.07. The van der Waals surface area contributed by atoms with Crippen molar-refractivity contribution in [1.29, 1.82) is 0 Å². The Morgan fingerprint density at radius 2 is 0.806 bits per heavy atom. The highest BCUT2D eigenvalue weighted by Crippen LogP contribution is 2.51. The fraction of sp³-hybridized carbons (Fsp3) is 0.610. The average Bonchev–Trinajstić information content (AvgIpc) is 1.55. The minimum atomic E-state index is -2.13. The third-order valence-electron chi connectivity index (χ3n) is 24.4. The maximum absolute atomic E-state index is 15.2. The number of imidazole rings is 5. The summed E-state index contributed by atoms with van der Waals surface area (Å²) in [6.07, 6.45) is 3.81. The van der Waals surface area contributed by atoms with Gasteiger partial charge in [0, 0.05) is 68.6 Å². The molecule has 0 unspecified atom stereocenters. The second-order valence-corrected chi connectivity index (χ2v) is 35.3. The van der Waals surface area contributed by atoms with Crippen LogP contribution in [0.5, 0.6) is 0 Å². The van der Waals surface area contributed by atoms with Crippen LogP contribution >= 0.6 is 34.2 Å². The normalized spacial score (nSPS) is 30.7. The summed E-state index contributed by atoms with van der Waals surface area (Å²) < 4.78 is 111. The van der Waals surface area contributed by atoms with E-state index in [1.165, 1.54) is 84.5 Å². The molecule has 19 rings (SSSR count). The van der Waals surface area contributed by atoms with Gasteiger partial charge in [0.2, 0.25) is 48.1 Å². The number of aliphatic hydroxyl groups excluding tert-OH is 5. The number of fused-ring (bicyclic) bond motifs is 5. The van der Waals surface area contributed by atoms with E-state index in [-0.39, 0.29) is 70.3 Å². The molecule has 14 N–H and O–H groups in total. The molecule has 9 fully saturated rings. The molecule has 4 aliphatic carbocycles. The number of halogens is 7. The Labute approximate surface area is 725 Å². The first-order chi connectivity index (χ1) is 58.4. The molecule has 0 bridgehead atoms. The van der Waals surface area contributed by atoms with Gasteiger partial charge in [-0.1, -0.05) is 75.0 Å². The Bertz CT molecular complexity index is 5570. The van der Waals surface area contributed by atoms with E-state index in [4.69, 9.17) is 58.2 Å². The van der Waals surface area contributed by atoms with Crippen LogP contribution in [0, 0.1) is 11.8 Å². The Hall–Kier alpha value is -9.95. The molecule has 670 valence electrons. The maximum atomic E-state index is 15.2. The van der Waals surface area contributed by atoms with E-state index >= 15 is 17.6 Å². The maximum Gasteiger partial charge on any atom is 0.233 e. The standard InChI is InChI=1S/C19H25FN6O3.C15H20FIN6O2.C15H21FN6O3.C15H19FN6O2.C13H17ClFN5O/c1-9(2)16(28)24-18-22-14(25(5)11-6-7-11)12-15(23-18)26(8-21-12)17-19(4,20)13(27)10(3)29-17;1-15(16)10(24)8(5-17)25-13(15)23-6-19-9-11(22(2)7-3-4-7)20-14(18)21-12(9)23;1-15(16)10(24)8(5-23)25-13(15)22-6-18-9-11(21(2)7-3-4-7)19-14(17)20-12(9)22;1-7-10(23)15(2,16)13(24-7)22-6-18-9-11(21(3)8-4-5-8)19-14(17)20-12(9)22;1-4-7-6(2)13(3,15)11(21-7)20-5-17-8-9(14)18-12(16)19-10(8)20/h8-9,11,13,17,27H,3,6-7H2,1-2,4-5H3,(H,22,23,24,28);6-8,10,13,24H,3-5H2,1-2H3,(H2,18,20,21);6-8,10,13,23-24H,3-5H2,1-2H3,(H2,17,19,20);6,8,10,13,23H,1,4-5H2,2-3H3,(H2,17,19,20);5-7,11H,4H2,1-3H3,(H2,16,18,19)/t13-,17-,19-;2*8-,10-,13-,15-;10-,13-,15-;6-,7-,11-,13-/m11111/s1. The second kappa shape index (κ2) is 33.1. The lowest BCUT2D eigenvalue weighted by molar-refractivity contribution is -0.118. The predicted octanol–water partition coefficient (Wildman–Crippen LogP) is 7.44. The van der Waals surface area contributed by atoms with Crippen molar-refractivity contribution in [2.75, 3.05) is 87.1 Å². The summed E-state index contributed by atoms with van der Waals surface area (Å²) in [5.74, 6) is 1.93. The highest BCUT2D eigenvalue weighted by molar-refractivity contribution is 14.1. The van der Waals surface area contributed by atoms with Gasteiger partial charge >= 0.3 is 0 Å². The zero-order chi connectivity index (χ0) is 89.5. The highest BCUT2D eigenvalue weighted by Gasteiger charge is 2.59. The summed E-state index contributed by atoms with van der Waals surface area (Å²) in [5, 5.41) is 52.5. The quantitative estimate of drug-likeness (QED) is 0.0173. The van der Waals surface area contributed by atoms with Crippen LogP contribution in [0.3, 0.4) is 0 Å². The molecule has 0 radical (unpaired) electrons. The topological polar surface area (TPSA) is 511 Å². The van der Waals surface area contributed by atoms with Crippen LogP contribution in [-0.4, -0.2) is 263 Å². The number of amides is 1. The zero-order valence-electron chi connectivity index (χ0n) is 70.3. The van der Waals surface area contributed by atoms with Gasteiger partial charge in [-0.05, 0) is 92.4 Å². The van der Waals surface area contributed by atoms with E-state index in [1.807, 2.05) is 61.6 Å². The monoisotopic (exact) mass is 1870 g/mol. The number of alkyl halides is 6. The first-order valence-electron chi connectivity index (χ1n) is 40.6. The van der Waals surface area contributed by atoms with Gasteiger partial charge in [0.1, 0.15) is 60.2 Å². The Kier molecular flexibility index (Phi) is 23.7. The molecular formula is C77H102ClF5IN29O11. The molecule has 4 saturated carbocycles. The van der Waals surface area contributed by atoms with Gasteiger partial charge in [-0.15, -0.1) is 0 Å². The Morgan fingerprint density at radius 1 is 0.500 bits per heavy atom. The molecule has 47 heteroatoms. The number of nitrogens with zero attached hydrogens (tertiary/aromatic N) is 24. The lowest BCUT2D eigenvalue weighted by Gasteiger charge is -2.25. The first kappa shape index (κ1) is 88.9. The minimum absolute atomic E-state index is 0.0212. The number of carbonyl (C=O) groups excluding carboxylic acids is 1. The number of anilines is 9. The molecule has 0 aromatic carbocycles. The molecular weight excluding hydrogens is 1760 g/mol. The van der Waals surface area contributed by atoms with Crippen molar-refractivity contribution in [3.05, 3.63) is 61.5 Å². The lowest BCUT2D eigenvalue weighted by atomic mass is 9.88. The van der Waals surface area contributed by atoms with Crippen molar-refractivity contribution in [1.82, 2.24) is 97.6 Å². The Balaban J connectivity index is 0.000000120. The fourth-order valence-electron chi connectivity index (χ4n) is 15.9. The zero-order valence-corrected chi connectivity index (χ0v) is 73.3. The third kappa shape index (κ3) is 16.1. The summed E-state index contributed by atoms with van der Waals surface area (Å²) in [6.45, 7) is 20.6. The van der Waals surface area contributed by atoms with Crippen molar-refractivity contribution in [2.24, 2.45) is 11.8 Å². The summed E-state index contributed by atoms with van der Waals surface area (Å²) in [5.41, 5.74) is 17.6. The molecule has 5 aliphatic heterocycles. The number of rotatable bonds is 18. The number of hydrogen-bond donors (Lipinski definition) is 10. The third-order valence-corrected chi connectivity index (χ3v) is 25.5. The second-order valence-electron chi connectivity index (χ2n) is 34.0. The fourth-order valence-corrected chi connectivity index (χ4v) is 16.9. The SMILES string of the molecule is C=C1O[C@@H](n2cnc3c(N(C)C4CC4)nc(N)nc32)[C@](C)(F)[C@@H]1O.C=C1O[C@@H](n2cnc3c(N(C)C4CC4)nc(NC(=O)C(C)C)nc32)[C@](C)(F)[C@@H]1O.CC[C@H]1O[C@@H](n2cnc3c(Cl)nc(N)nc32)[C@](C)(F)[C@@H]1C.CN(c1nc(N)nc2c1ncn2[C@@H]1O[C@H](CI)[C@@H](O)[C@@]1(C)F)C1CC1.CN(c1nc(N)nc2c1ncn2[C@@H]1O[C@H](CO)[C@@H](O)[C@@]1(C)F)C1CC1. The number of aromatic nitrogens is 20. The van der Waals surface area contributed by atoms with Gasteiger partial charge in [0.05, 0.1) is 37.8 Å². The van der Waals surface area contributed by atoms with E-state index < -0.39 is 103 Å². The van der Waals surface area contributed by atoms with Gasteiger partial charge < -0.3 is 91.8 Å². The van der Waals surface area contributed by atoms with Crippen LogP contribution in [0.4, 0.5) is 75.0 Å². The molecule has 1 amide bonds. The van der Waals surface area contributed by atoms with Crippen LogP contribution in [0.15, 0.2) is 56.3 Å². The van der Waals surface area contributed by atoms with E-state index in [9.17, 15) is 34.7 Å². The highest BCUT2D eigenvalue weighted by atomic mass is 127. The summed E-state index contributed by atoms with van der Waals surface area (Å²) in [7, 11) is 7.69. The number of hydrogen-bond acceptors (Lipinski definition) is 34. The average molecular weight is 1870 g/mol. The number of ether oxygens (including phenoxy) is 5. The van der Waals surface area contributed by atoms with E-state index in [1.54, 1.807) is 18.4 Å². The largest absolute Gasteiger partial charge is 0.469 e. The number of aliphatic hydroxyl groups is 5. The van der Waals surface area contributed by atoms with E-state index in [0.29, 0.717) is 108 Å². The van der Waals surface area contributed by atoms with Crippen LogP contribution < -0.4 is 47.9 Å². The molecule has 0 spiro atoms. The predicted molar refractivity (Wildman–Crippen MR) is 456 cm³/mol. The van der Waals surface area contributed by atoms with Crippen molar-refractivity contribution in [2.45, 2.75) is 246 Å². The smallest absolute Gasteiger partial charge is 0.233 e. The van der Waals surface area contributed by atoms with Crippen LogP contribution in [0.1, 0.15) is 151 Å². The molecule has 40 nitrogen and oxygen atoms in total. The summed E-state index contributed by atoms with van der Waals surface area (Å²) in [6, 6.07) is 1.55. The number of nitrogen functional groups attached to an aromatic ring is 4. The van der Waals surface area contributed by atoms with Crippen LogP contribution in [0.25, 0.3) is 55.8 Å². The van der Waals surface area contributed by atoms with Crippen LogP contribution in [-0.2, 0) is 28.5 Å². The molecule has 5 saturated heterocycles. The van der Waals surface area contributed by atoms with E-state index in [2.05, 4.69) is 116 Å². The molecule has 10 aromatic rings. The van der Waals surface area contributed by atoms with Gasteiger partial charge in [-0.2, -0.15) is 49.8 Å². The van der Waals surface area contributed by atoms with Crippen molar-refractivity contribution in [3.63, 3.8) is 0 Å². The van der Waals surface area contributed by atoms with Crippen molar-refractivity contribution < 1.29 is 76.0 Å². The van der Waals surface area contributed by atoms with Gasteiger partial charge in [-0.3, -0.25) is 32.9 Å². The van der Waals surface area contributed by atoms with Gasteiger partial charge in [0.15, 0.2) is 126 Å². The molecule has 15 heterocycles. The molecule has 10 aromatic heterocycles. The lowest BCUT2D eigenvalue weighted by Crippen LogP contribution is -2.40. The van der Waals surface area contributed by atoms with Crippen molar-refractivity contribution >= 4 is 149 Å². The Morgan fingerprint density at radius 3 is 1.11 bits per heavy atom. The van der Waals surface area contributed by atoms with Gasteiger partial charge in [-0.25, -0.2) is 46.9 Å². The molecule has 18 atom stereocenters.